The third-order valence-corrected chi connectivity index (χ3v) is 4.59. The molecule has 1 saturated heterocycles. The average Bonchev–Trinajstić information content (AvgIpc) is 2.89. The Bertz CT molecular complexity index is 659. The molecule has 22 heavy (non-hydrogen) atoms. The first-order valence-corrected chi connectivity index (χ1v) is 8.56. The van der Waals surface area contributed by atoms with Crippen molar-refractivity contribution in [3.05, 3.63) is 41.6 Å². The Balaban J connectivity index is 1.81. The van der Waals surface area contributed by atoms with Gasteiger partial charge in [-0.05, 0) is 26.0 Å². The summed E-state index contributed by atoms with van der Waals surface area (Å²) in [7, 11) is 0. The van der Waals surface area contributed by atoms with Crippen molar-refractivity contribution in [2.45, 2.75) is 13.8 Å². The van der Waals surface area contributed by atoms with Crippen molar-refractivity contribution >= 4 is 23.6 Å². The van der Waals surface area contributed by atoms with Crippen molar-refractivity contribution in [1.82, 2.24) is 14.7 Å². The Morgan fingerprint density at radius 3 is 2.55 bits per heavy atom. The van der Waals surface area contributed by atoms with Crippen LogP contribution in [0.2, 0.25) is 0 Å². The van der Waals surface area contributed by atoms with Gasteiger partial charge in [0.15, 0.2) is 0 Å². The molecule has 1 fully saturated rings. The zero-order chi connectivity index (χ0) is 15.5. The number of benzene rings is 1. The molecule has 0 aliphatic carbocycles. The number of carbonyl (C=O) groups is 1. The summed E-state index contributed by atoms with van der Waals surface area (Å²) in [5, 5.41) is 7.48. The van der Waals surface area contributed by atoms with Gasteiger partial charge in [-0.2, -0.15) is 16.9 Å². The van der Waals surface area contributed by atoms with E-state index >= 15 is 0 Å². The van der Waals surface area contributed by atoms with E-state index in [1.807, 2.05) is 53.9 Å². The van der Waals surface area contributed by atoms with Crippen molar-refractivity contribution < 1.29 is 4.79 Å². The van der Waals surface area contributed by atoms with Gasteiger partial charge in [0, 0.05) is 30.7 Å². The SMILES string of the molecule is Cc1ccc(-n2nc(C)cc2NC(=O)N2CCSCC2)cc1. The molecule has 2 heterocycles. The number of urea groups is 1. The van der Waals surface area contributed by atoms with Crippen molar-refractivity contribution in [2.24, 2.45) is 0 Å². The van der Waals surface area contributed by atoms with Crippen LogP contribution in [0.3, 0.4) is 0 Å². The predicted molar refractivity (Wildman–Crippen MR) is 91.0 cm³/mol. The molecule has 6 heteroatoms. The Morgan fingerprint density at radius 1 is 1.18 bits per heavy atom. The molecule has 0 spiro atoms. The molecule has 0 radical (unpaired) electrons. The summed E-state index contributed by atoms with van der Waals surface area (Å²) in [6.07, 6.45) is 0. The van der Waals surface area contributed by atoms with Crippen LogP contribution in [-0.4, -0.2) is 45.3 Å². The third kappa shape index (κ3) is 3.27. The number of carbonyl (C=O) groups excluding carboxylic acids is 1. The fourth-order valence-electron chi connectivity index (χ4n) is 2.43. The van der Waals surface area contributed by atoms with Gasteiger partial charge in [-0.3, -0.25) is 5.32 Å². The molecule has 5 nitrogen and oxygen atoms in total. The van der Waals surface area contributed by atoms with E-state index < -0.39 is 0 Å². The summed E-state index contributed by atoms with van der Waals surface area (Å²) in [6, 6.07) is 9.95. The van der Waals surface area contributed by atoms with Crippen molar-refractivity contribution in [1.29, 1.82) is 0 Å². The molecule has 0 atom stereocenters. The summed E-state index contributed by atoms with van der Waals surface area (Å²) in [6.45, 7) is 5.58. The number of nitrogens with one attached hydrogen (secondary N) is 1. The van der Waals surface area contributed by atoms with Crippen LogP contribution >= 0.6 is 11.8 Å². The van der Waals surface area contributed by atoms with Gasteiger partial charge in [0.05, 0.1) is 11.4 Å². The van der Waals surface area contributed by atoms with Crippen LogP contribution in [0.5, 0.6) is 0 Å². The lowest BCUT2D eigenvalue weighted by Crippen LogP contribution is -2.41. The minimum Gasteiger partial charge on any atom is -0.323 e. The second kappa shape index (κ2) is 6.44. The molecule has 1 aromatic heterocycles. The largest absolute Gasteiger partial charge is 0.323 e. The fourth-order valence-corrected chi connectivity index (χ4v) is 3.33. The number of rotatable bonds is 2. The Hall–Kier alpha value is -1.95. The molecule has 1 aliphatic rings. The Labute approximate surface area is 134 Å². The second-order valence-corrected chi connectivity index (χ2v) is 6.67. The lowest BCUT2D eigenvalue weighted by Gasteiger charge is -2.26. The second-order valence-electron chi connectivity index (χ2n) is 5.45. The molecule has 0 saturated carbocycles. The summed E-state index contributed by atoms with van der Waals surface area (Å²) in [5.41, 5.74) is 3.03. The zero-order valence-electron chi connectivity index (χ0n) is 12.9. The van der Waals surface area contributed by atoms with E-state index in [0.717, 1.165) is 36.0 Å². The van der Waals surface area contributed by atoms with E-state index in [-0.39, 0.29) is 6.03 Å². The smallest absolute Gasteiger partial charge is 0.323 e. The molecular weight excluding hydrogens is 296 g/mol. The molecular formula is C16H20N4OS. The first-order chi connectivity index (χ1) is 10.6. The van der Waals surface area contributed by atoms with Crippen LogP contribution in [0.4, 0.5) is 10.6 Å². The number of hydrogen-bond acceptors (Lipinski definition) is 3. The molecule has 2 aromatic rings. The van der Waals surface area contributed by atoms with Crippen molar-refractivity contribution in [2.75, 3.05) is 29.9 Å². The topological polar surface area (TPSA) is 50.2 Å². The summed E-state index contributed by atoms with van der Waals surface area (Å²) in [4.78, 5) is 14.2. The third-order valence-electron chi connectivity index (χ3n) is 3.64. The van der Waals surface area contributed by atoms with E-state index in [0.29, 0.717) is 5.82 Å². The highest BCUT2D eigenvalue weighted by Crippen LogP contribution is 2.19. The molecule has 116 valence electrons. The number of nitrogens with zero attached hydrogens (tertiary/aromatic N) is 3. The quantitative estimate of drug-likeness (QED) is 0.926. The lowest BCUT2D eigenvalue weighted by molar-refractivity contribution is 0.217. The highest BCUT2D eigenvalue weighted by atomic mass is 32.2. The number of hydrogen-bond donors (Lipinski definition) is 1. The maximum atomic E-state index is 12.4. The number of anilines is 1. The Kier molecular flexibility index (Phi) is 4.38. The van der Waals surface area contributed by atoms with Crippen LogP contribution in [0.1, 0.15) is 11.3 Å². The van der Waals surface area contributed by atoms with Gasteiger partial charge in [0.1, 0.15) is 5.82 Å². The fraction of sp³-hybridized carbons (Fsp3) is 0.375. The molecule has 1 aromatic carbocycles. The first-order valence-electron chi connectivity index (χ1n) is 7.41. The van der Waals surface area contributed by atoms with Gasteiger partial charge in [0.2, 0.25) is 0 Å². The highest BCUT2D eigenvalue weighted by Gasteiger charge is 2.18. The summed E-state index contributed by atoms with van der Waals surface area (Å²) in [5.74, 6) is 2.72. The van der Waals surface area contributed by atoms with E-state index in [1.165, 1.54) is 5.56 Å². The van der Waals surface area contributed by atoms with Gasteiger partial charge >= 0.3 is 6.03 Å². The summed E-state index contributed by atoms with van der Waals surface area (Å²) >= 11 is 1.89. The minimum atomic E-state index is -0.0476. The van der Waals surface area contributed by atoms with Crippen LogP contribution in [0, 0.1) is 13.8 Å². The van der Waals surface area contributed by atoms with Crippen molar-refractivity contribution in [3.63, 3.8) is 0 Å². The van der Waals surface area contributed by atoms with Gasteiger partial charge in [-0.1, -0.05) is 17.7 Å². The van der Waals surface area contributed by atoms with E-state index in [4.69, 9.17) is 0 Å². The maximum absolute atomic E-state index is 12.4. The van der Waals surface area contributed by atoms with Gasteiger partial charge < -0.3 is 4.90 Å². The summed E-state index contributed by atoms with van der Waals surface area (Å²) < 4.78 is 1.78. The highest BCUT2D eigenvalue weighted by molar-refractivity contribution is 7.99. The number of thioether (sulfide) groups is 1. The van der Waals surface area contributed by atoms with Crippen LogP contribution in [0.25, 0.3) is 5.69 Å². The van der Waals surface area contributed by atoms with Crippen LogP contribution in [-0.2, 0) is 0 Å². The number of aromatic nitrogens is 2. The normalized spacial score (nSPS) is 14.9. The van der Waals surface area contributed by atoms with E-state index in [2.05, 4.69) is 17.3 Å². The molecule has 0 bridgehead atoms. The molecule has 3 rings (SSSR count). The zero-order valence-corrected chi connectivity index (χ0v) is 13.7. The van der Waals surface area contributed by atoms with Gasteiger partial charge in [-0.15, -0.1) is 0 Å². The molecule has 2 amide bonds. The van der Waals surface area contributed by atoms with Crippen molar-refractivity contribution in [3.8, 4) is 5.69 Å². The lowest BCUT2D eigenvalue weighted by atomic mass is 10.2. The standard InChI is InChI=1S/C16H20N4OS/c1-12-3-5-14(6-4-12)20-15(11-13(2)18-20)17-16(21)19-7-9-22-10-8-19/h3-6,11H,7-10H2,1-2H3,(H,17,21). The van der Waals surface area contributed by atoms with E-state index in [9.17, 15) is 4.79 Å². The molecule has 0 unspecified atom stereocenters. The minimum absolute atomic E-state index is 0.0476. The van der Waals surface area contributed by atoms with Crippen LogP contribution < -0.4 is 5.32 Å². The van der Waals surface area contributed by atoms with E-state index in [1.54, 1.807) is 4.68 Å². The monoisotopic (exact) mass is 316 g/mol. The average molecular weight is 316 g/mol. The Morgan fingerprint density at radius 2 is 1.86 bits per heavy atom. The van der Waals surface area contributed by atoms with Gasteiger partial charge in [0.25, 0.3) is 0 Å². The molecule has 1 N–H and O–H groups in total. The first kappa shape index (κ1) is 15.0. The maximum Gasteiger partial charge on any atom is 0.323 e. The van der Waals surface area contributed by atoms with Crippen LogP contribution in [0.15, 0.2) is 30.3 Å². The predicted octanol–water partition coefficient (Wildman–Crippen LogP) is 3.07. The number of aryl methyl sites for hydroxylation is 2. The van der Waals surface area contributed by atoms with Gasteiger partial charge in [-0.25, -0.2) is 9.48 Å². The molecule has 1 aliphatic heterocycles. The number of amides is 2.